The van der Waals surface area contributed by atoms with Crippen LogP contribution < -0.4 is 11.1 Å². The minimum Gasteiger partial charge on any atom is -0.467 e. The van der Waals surface area contributed by atoms with Crippen molar-refractivity contribution >= 4 is 40.9 Å². The fraction of sp³-hybridized carbons (Fsp3) is 0.231. The van der Waals surface area contributed by atoms with Crippen LogP contribution in [0.3, 0.4) is 0 Å². The normalized spacial score (nSPS) is 10.6. The van der Waals surface area contributed by atoms with E-state index in [0.29, 0.717) is 24.6 Å². The lowest BCUT2D eigenvalue weighted by Crippen LogP contribution is -2.02. The molecule has 3 aromatic rings. The van der Waals surface area contributed by atoms with Gasteiger partial charge in [-0.15, -0.1) is 12.4 Å². The van der Waals surface area contributed by atoms with Gasteiger partial charge in [-0.2, -0.15) is 4.98 Å². The van der Waals surface area contributed by atoms with Crippen molar-refractivity contribution in [2.75, 3.05) is 11.9 Å². The number of hydrogen-bond donors (Lipinski definition) is 3. The van der Waals surface area contributed by atoms with E-state index in [1.165, 1.54) is 0 Å². The van der Waals surface area contributed by atoms with Gasteiger partial charge >= 0.3 is 0 Å². The van der Waals surface area contributed by atoms with Gasteiger partial charge in [0.05, 0.1) is 18.2 Å². The molecule has 0 aliphatic carbocycles. The van der Waals surface area contributed by atoms with E-state index in [0.717, 1.165) is 23.3 Å². The molecule has 3 rings (SSSR count). The van der Waals surface area contributed by atoms with E-state index in [1.54, 1.807) is 6.26 Å². The molecule has 4 N–H and O–H groups in total. The van der Waals surface area contributed by atoms with Crippen LogP contribution in [0.15, 0.2) is 28.9 Å². The first-order valence-corrected chi connectivity index (χ1v) is 6.65. The zero-order chi connectivity index (χ0) is 13.9. The Morgan fingerprint density at radius 2 is 2.24 bits per heavy atom. The van der Waals surface area contributed by atoms with E-state index in [-0.39, 0.29) is 17.7 Å². The van der Waals surface area contributed by atoms with Crippen molar-refractivity contribution in [3.63, 3.8) is 0 Å². The molecule has 0 aliphatic heterocycles. The Kier molecular flexibility index (Phi) is 5.06. The van der Waals surface area contributed by atoms with Gasteiger partial charge in [-0.1, -0.05) is 0 Å². The number of aromatic nitrogens is 3. The topological polar surface area (TPSA) is 92.8 Å². The van der Waals surface area contributed by atoms with Crippen LogP contribution in [-0.2, 0) is 13.0 Å². The smallest absolute Gasteiger partial charge is 0.226 e. The summed E-state index contributed by atoms with van der Waals surface area (Å²) in [6.07, 6.45) is 2.39. The number of fused-ring (bicyclic) bond motifs is 1. The first kappa shape index (κ1) is 15.6. The molecule has 0 saturated heterocycles. The molecule has 0 aromatic carbocycles. The van der Waals surface area contributed by atoms with E-state index in [9.17, 15) is 0 Å². The summed E-state index contributed by atoms with van der Waals surface area (Å²) < 4.78 is 5.28. The van der Waals surface area contributed by atoms with Gasteiger partial charge in [-0.05, 0) is 42.8 Å². The molecule has 0 fully saturated rings. The van der Waals surface area contributed by atoms with Crippen LogP contribution in [-0.4, -0.2) is 21.5 Å². The molecule has 0 atom stereocenters. The highest BCUT2D eigenvalue weighted by atomic mass is 35.5. The number of halogens is 2. The molecular formula is C13H15Cl2N5O. The number of furan rings is 1. The quantitative estimate of drug-likeness (QED) is 0.626. The summed E-state index contributed by atoms with van der Waals surface area (Å²) in [5.41, 5.74) is 7.28. The molecule has 0 amide bonds. The Balaban J connectivity index is 0.00000161. The number of nitrogens with zero attached hydrogens (tertiary/aromatic N) is 2. The van der Waals surface area contributed by atoms with E-state index in [1.807, 2.05) is 18.2 Å². The number of nitrogens with two attached hydrogens (primary N) is 1. The average Bonchev–Trinajstić information content (AvgIpc) is 3.05. The second-order valence-corrected chi connectivity index (χ2v) is 4.71. The third kappa shape index (κ3) is 3.47. The molecule has 0 saturated carbocycles. The maximum absolute atomic E-state index is 5.94. The lowest BCUT2D eigenvalue weighted by Gasteiger charge is -2.04. The van der Waals surface area contributed by atoms with E-state index >= 15 is 0 Å². The van der Waals surface area contributed by atoms with Gasteiger partial charge in [0.25, 0.3) is 0 Å². The lowest BCUT2D eigenvalue weighted by atomic mass is 10.3. The Hall–Kier alpha value is -1.76. The van der Waals surface area contributed by atoms with Gasteiger partial charge in [0.15, 0.2) is 0 Å². The van der Waals surface area contributed by atoms with Gasteiger partial charge in [0, 0.05) is 5.69 Å². The zero-order valence-electron chi connectivity index (χ0n) is 11.1. The number of H-pyrrole nitrogens is 1. The van der Waals surface area contributed by atoms with Crippen molar-refractivity contribution in [3.8, 4) is 0 Å². The minimum absolute atomic E-state index is 0. The van der Waals surface area contributed by atoms with Crippen LogP contribution >= 0.6 is 24.0 Å². The predicted octanol–water partition coefficient (Wildman–Crippen LogP) is 2.74. The summed E-state index contributed by atoms with van der Waals surface area (Å²) in [5, 5.41) is 4.29. The molecule has 0 unspecified atom stereocenters. The number of nitrogens with one attached hydrogen (secondary N) is 2. The first-order valence-electron chi connectivity index (χ1n) is 6.27. The standard InChI is InChI=1S/C13H14ClN5O.ClH/c14-13-18-11(16-7-9-2-1-5-20-9)10-6-8(3-4-15)17-12(10)19-13;/h1-2,5-6H,3-4,7,15H2,(H2,16,17,18,19);1H. The molecule has 0 aliphatic rings. The predicted molar refractivity (Wildman–Crippen MR) is 84.9 cm³/mol. The molecule has 21 heavy (non-hydrogen) atoms. The van der Waals surface area contributed by atoms with Crippen molar-refractivity contribution in [1.29, 1.82) is 0 Å². The van der Waals surface area contributed by atoms with Crippen LogP contribution in [0, 0.1) is 0 Å². The molecule has 112 valence electrons. The van der Waals surface area contributed by atoms with Crippen molar-refractivity contribution in [3.05, 3.63) is 41.2 Å². The van der Waals surface area contributed by atoms with Crippen molar-refractivity contribution < 1.29 is 4.42 Å². The molecule has 0 spiro atoms. The van der Waals surface area contributed by atoms with Crippen LogP contribution in [0.4, 0.5) is 5.82 Å². The zero-order valence-corrected chi connectivity index (χ0v) is 12.7. The SMILES string of the molecule is Cl.NCCc1cc2c(NCc3ccco3)nc(Cl)nc2[nH]1. The molecule has 3 heterocycles. The lowest BCUT2D eigenvalue weighted by molar-refractivity contribution is 0.518. The van der Waals surface area contributed by atoms with Gasteiger partial charge in [0.1, 0.15) is 17.2 Å². The summed E-state index contributed by atoms with van der Waals surface area (Å²) in [6, 6.07) is 5.72. The molecule has 6 nitrogen and oxygen atoms in total. The third-order valence-electron chi connectivity index (χ3n) is 2.94. The largest absolute Gasteiger partial charge is 0.467 e. The monoisotopic (exact) mass is 327 g/mol. The highest BCUT2D eigenvalue weighted by molar-refractivity contribution is 6.28. The highest BCUT2D eigenvalue weighted by Crippen LogP contribution is 2.23. The fourth-order valence-electron chi connectivity index (χ4n) is 2.05. The van der Waals surface area contributed by atoms with Gasteiger partial charge in [-0.25, -0.2) is 4.98 Å². The Morgan fingerprint density at radius 3 is 2.95 bits per heavy atom. The maximum Gasteiger partial charge on any atom is 0.226 e. The maximum atomic E-state index is 5.94. The van der Waals surface area contributed by atoms with Gasteiger partial charge < -0.3 is 20.5 Å². The van der Waals surface area contributed by atoms with E-state index < -0.39 is 0 Å². The summed E-state index contributed by atoms with van der Waals surface area (Å²) in [7, 11) is 0. The fourth-order valence-corrected chi connectivity index (χ4v) is 2.21. The number of hydrogen-bond acceptors (Lipinski definition) is 5. The van der Waals surface area contributed by atoms with Crippen LogP contribution in [0.5, 0.6) is 0 Å². The van der Waals surface area contributed by atoms with E-state index in [2.05, 4.69) is 20.3 Å². The highest BCUT2D eigenvalue weighted by Gasteiger charge is 2.10. The van der Waals surface area contributed by atoms with Crippen LogP contribution in [0.25, 0.3) is 11.0 Å². The average molecular weight is 328 g/mol. The Morgan fingerprint density at radius 1 is 1.38 bits per heavy atom. The molecule has 0 radical (unpaired) electrons. The second kappa shape index (κ2) is 6.80. The summed E-state index contributed by atoms with van der Waals surface area (Å²) in [6.45, 7) is 1.11. The number of rotatable bonds is 5. The van der Waals surface area contributed by atoms with Crippen molar-refractivity contribution in [2.24, 2.45) is 5.73 Å². The third-order valence-corrected chi connectivity index (χ3v) is 3.11. The molecule has 0 bridgehead atoms. The molecular weight excluding hydrogens is 313 g/mol. The summed E-state index contributed by atoms with van der Waals surface area (Å²) >= 11 is 5.94. The number of aromatic amines is 1. The molecule has 8 heteroatoms. The Labute approximate surface area is 132 Å². The first-order chi connectivity index (χ1) is 9.76. The summed E-state index contributed by atoms with van der Waals surface area (Å²) in [4.78, 5) is 11.6. The van der Waals surface area contributed by atoms with Crippen molar-refractivity contribution in [2.45, 2.75) is 13.0 Å². The Bertz CT molecular complexity index is 711. The number of anilines is 1. The summed E-state index contributed by atoms with van der Waals surface area (Å²) in [5.74, 6) is 1.50. The molecule has 3 aromatic heterocycles. The van der Waals surface area contributed by atoms with Crippen LogP contribution in [0.2, 0.25) is 5.28 Å². The minimum atomic E-state index is 0. The second-order valence-electron chi connectivity index (χ2n) is 4.37. The van der Waals surface area contributed by atoms with Crippen LogP contribution in [0.1, 0.15) is 11.5 Å². The van der Waals surface area contributed by atoms with E-state index in [4.69, 9.17) is 21.8 Å². The van der Waals surface area contributed by atoms with Gasteiger partial charge in [0.2, 0.25) is 5.28 Å². The van der Waals surface area contributed by atoms with Crippen molar-refractivity contribution in [1.82, 2.24) is 15.0 Å². The van der Waals surface area contributed by atoms with Gasteiger partial charge in [-0.3, -0.25) is 0 Å².